The third kappa shape index (κ3) is 2.32. The van der Waals surface area contributed by atoms with Gasteiger partial charge in [0.25, 0.3) is 0 Å². The Balaban J connectivity index is 2.53. The van der Waals surface area contributed by atoms with Gasteiger partial charge in [-0.25, -0.2) is 11.6 Å². The van der Waals surface area contributed by atoms with Crippen LogP contribution in [0, 0.1) is 6.57 Å². The smallest absolute Gasteiger partial charge is 0.220 e. The molecular formula is C8H10N2S. The molecule has 1 heterocycles. The van der Waals surface area contributed by atoms with Crippen molar-refractivity contribution in [1.29, 1.82) is 0 Å². The first kappa shape index (κ1) is 8.22. The predicted octanol–water partition coefficient (Wildman–Crippen LogP) is 2.17. The van der Waals surface area contributed by atoms with Gasteiger partial charge in [0.1, 0.15) is 0 Å². The molecule has 1 rings (SSSR count). The molecule has 0 aliphatic heterocycles. The number of hydrogen-bond acceptors (Lipinski definition) is 2. The van der Waals surface area contributed by atoms with E-state index in [1.165, 1.54) is 5.01 Å². The Kier molecular flexibility index (Phi) is 3.06. The van der Waals surface area contributed by atoms with Crippen LogP contribution in [0.15, 0.2) is 5.38 Å². The van der Waals surface area contributed by atoms with E-state index in [1.807, 2.05) is 5.38 Å². The monoisotopic (exact) mass is 166 g/mol. The summed E-state index contributed by atoms with van der Waals surface area (Å²) in [5, 5.41) is 3.22. The SMILES string of the molecule is [C-]#[N+]CCc1csc(CC)n1. The molecule has 0 amide bonds. The first-order valence-electron chi connectivity index (χ1n) is 3.63. The third-order valence-electron chi connectivity index (χ3n) is 1.38. The van der Waals surface area contributed by atoms with Crippen molar-refractivity contribution >= 4 is 11.3 Å². The molecule has 58 valence electrons. The lowest BCUT2D eigenvalue weighted by molar-refractivity contribution is 0.980. The molecule has 0 unspecified atom stereocenters. The van der Waals surface area contributed by atoms with Crippen molar-refractivity contribution in [1.82, 2.24) is 4.98 Å². The minimum absolute atomic E-state index is 0.562. The molecule has 0 saturated heterocycles. The molecule has 0 aliphatic carbocycles. The molecule has 2 nitrogen and oxygen atoms in total. The molecule has 0 aliphatic rings. The van der Waals surface area contributed by atoms with Crippen LogP contribution in [0.3, 0.4) is 0 Å². The number of nitrogens with zero attached hydrogens (tertiary/aromatic N) is 2. The number of hydrogen-bond donors (Lipinski definition) is 0. The van der Waals surface area contributed by atoms with Crippen LogP contribution < -0.4 is 0 Å². The summed E-state index contributed by atoms with van der Waals surface area (Å²) in [7, 11) is 0. The number of thiazole rings is 1. The normalized spacial score (nSPS) is 9.45. The molecule has 0 fully saturated rings. The third-order valence-corrected chi connectivity index (χ3v) is 2.42. The fourth-order valence-electron chi connectivity index (χ4n) is 0.797. The van der Waals surface area contributed by atoms with Crippen molar-refractivity contribution in [2.24, 2.45) is 0 Å². The number of aromatic nitrogens is 1. The summed E-state index contributed by atoms with van der Waals surface area (Å²) in [6, 6.07) is 0. The van der Waals surface area contributed by atoms with Crippen molar-refractivity contribution in [3.63, 3.8) is 0 Å². The van der Waals surface area contributed by atoms with E-state index in [1.54, 1.807) is 11.3 Å². The van der Waals surface area contributed by atoms with Gasteiger partial charge in [-0.15, -0.1) is 11.3 Å². The van der Waals surface area contributed by atoms with Crippen LogP contribution in [-0.2, 0) is 12.8 Å². The summed E-state index contributed by atoms with van der Waals surface area (Å²) < 4.78 is 0. The second-order valence-corrected chi connectivity index (χ2v) is 3.16. The lowest BCUT2D eigenvalue weighted by Gasteiger charge is -1.84. The molecule has 0 atom stereocenters. The van der Waals surface area contributed by atoms with Crippen molar-refractivity contribution in [2.45, 2.75) is 19.8 Å². The van der Waals surface area contributed by atoms with E-state index < -0.39 is 0 Å². The summed E-state index contributed by atoms with van der Waals surface area (Å²) in [6.45, 7) is 9.26. The summed E-state index contributed by atoms with van der Waals surface area (Å²) in [4.78, 5) is 7.62. The van der Waals surface area contributed by atoms with Gasteiger partial charge in [-0.05, 0) is 6.42 Å². The lowest BCUT2D eigenvalue weighted by atomic mass is 10.3. The summed E-state index contributed by atoms with van der Waals surface area (Å²) in [5.74, 6) is 0. The minimum Gasteiger partial charge on any atom is -0.317 e. The van der Waals surface area contributed by atoms with E-state index in [0.717, 1.165) is 18.5 Å². The molecule has 0 spiro atoms. The minimum atomic E-state index is 0.562. The highest BCUT2D eigenvalue weighted by Gasteiger charge is 1.99. The van der Waals surface area contributed by atoms with Gasteiger partial charge in [0.15, 0.2) is 0 Å². The fourth-order valence-corrected chi connectivity index (χ4v) is 1.58. The average Bonchev–Trinajstić information content (AvgIpc) is 2.48. The van der Waals surface area contributed by atoms with Crippen molar-refractivity contribution in [3.05, 3.63) is 27.5 Å². The van der Waals surface area contributed by atoms with E-state index >= 15 is 0 Å². The molecule has 3 heteroatoms. The van der Waals surface area contributed by atoms with Gasteiger partial charge in [0.2, 0.25) is 6.54 Å². The highest BCUT2D eigenvalue weighted by molar-refractivity contribution is 7.09. The van der Waals surface area contributed by atoms with Crippen LogP contribution in [0.2, 0.25) is 0 Å². The van der Waals surface area contributed by atoms with Crippen molar-refractivity contribution in [2.75, 3.05) is 6.54 Å². The highest BCUT2D eigenvalue weighted by Crippen LogP contribution is 2.10. The van der Waals surface area contributed by atoms with Crippen LogP contribution in [0.1, 0.15) is 17.6 Å². The second kappa shape index (κ2) is 4.09. The number of aryl methyl sites for hydroxylation is 1. The maximum Gasteiger partial charge on any atom is 0.220 e. The Labute approximate surface area is 70.7 Å². The lowest BCUT2D eigenvalue weighted by Crippen LogP contribution is -1.88. The maximum atomic E-state index is 6.60. The van der Waals surface area contributed by atoms with E-state index in [4.69, 9.17) is 6.57 Å². The Morgan fingerprint density at radius 1 is 1.73 bits per heavy atom. The zero-order chi connectivity index (χ0) is 8.10. The molecular weight excluding hydrogens is 156 g/mol. The van der Waals surface area contributed by atoms with E-state index in [-0.39, 0.29) is 0 Å². The van der Waals surface area contributed by atoms with Crippen LogP contribution in [0.5, 0.6) is 0 Å². The Hall–Kier alpha value is -0.880. The van der Waals surface area contributed by atoms with Crippen LogP contribution in [0.4, 0.5) is 0 Å². The van der Waals surface area contributed by atoms with Crippen molar-refractivity contribution in [3.8, 4) is 0 Å². The second-order valence-electron chi connectivity index (χ2n) is 2.22. The summed E-state index contributed by atoms with van der Waals surface area (Å²) in [5.41, 5.74) is 1.07. The standard InChI is InChI=1S/C8H10N2S/c1-3-8-10-7(6-11-8)4-5-9-2/h6H,3-5H2,1H3. The first-order valence-corrected chi connectivity index (χ1v) is 4.51. The molecule has 0 N–H and O–H groups in total. The summed E-state index contributed by atoms with van der Waals surface area (Å²) in [6.07, 6.45) is 1.81. The molecule has 0 bridgehead atoms. The largest absolute Gasteiger partial charge is 0.317 e. The Bertz CT molecular complexity index is 259. The van der Waals surface area contributed by atoms with Crippen LogP contribution in [0.25, 0.3) is 4.85 Å². The molecule has 0 radical (unpaired) electrons. The molecule has 1 aromatic rings. The fraction of sp³-hybridized carbons (Fsp3) is 0.500. The quantitative estimate of drug-likeness (QED) is 0.629. The zero-order valence-electron chi connectivity index (χ0n) is 6.50. The van der Waals surface area contributed by atoms with Crippen molar-refractivity contribution < 1.29 is 0 Å². The molecule has 0 saturated carbocycles. The van der Waals surface area contributed by atoms with Gasteiger partial charge in [-0.2, -0.15) is 0 Å². The van der Waals surface area contributed by atoms with Gasteiger partial charge in [0.05, 0.1) is 17.1 Å². The van der Waals surface area contributed by atoms with Gasteiger partial charge >= 0.3 is 0 Å². The van der Waals surface area contributed by atoms with E-state index in [0.29, 0.717) is 6.54 Å². The Morgan fingerprint density at radius 3 is 3.09 bits per heavy atom. The summed E-state index contributed by atoms with van der Waals surface area (Å²) >= 11 is 1.69. The molecule has 11 heavy (non-hydrogen) atoms. The average molecular weight is 166 g/mol. The molecule has 1 aromatic heterocycles. The number of rotatable bonds is 3. The van der Waals surface area contributed by atoms with Crippen LogP contribution >= 0.6 is 11.3 Å². The highest BCUT2D eigenvalue weighted by atomic mass is 32.1. The van der Waals surface area contributed by atoms with Gasteiger partial charge in [-0.3, -0.25) is 0 Å². The van der Waals surface area contributed by atoms with Gasteiger partial charge in [0, 0.05) is 5.38 Å². The molecule has 0 aromatic carbocycles. The van der Waals surface area contributed by atoms with E-state index in [9.17, 15) is 0 Å². The van der Waals surface area contributed by atoms with E-state index in [2.05, 4.69) is 16.8 Å². The zero-order valence-corrected chi connectivity index (χ0v) is 7.32. The van der Waals surface area contributed by atoms with Gasteiger partial charge in [-0.1, -0.05) is 6.92 Å². The Morgan fingerprint density at radius 2 is 2.55 bits per heavy atom. The van der Waals surface area contributed by atoms with Gasteiger partial charge < -0.3 is 4.85 Å². The maximum absolute atomic E-state index is 6.60. The first-order chi connectivity index (χ1) is 5.36. The topological polar surface area (TPSA) is 17.2 Å². The predicted molar refractivity (Wildman–Crippen MR) is 46.7 cm³/mol. The van der Waals surface area contributed by atoms with Crippen LogP contribution in [-0.4, -0.2) is 11.5 Å².